The molecular weight excluding hydrogens is 389 g/mol. The minimum atomic E-state index is 0.177. The fourth-order valence-electron chi connectivity index (χ4n) is 1.88. The highest BCUT2D eigenvalue weighted by Gasteiger charge is 2.09. The Bertz CT molecular complexity index is 632. The first-order valence-corrected chi connectivity index (χ1v) is 7.53. The van der Waals surface area contributed by atoms with Gasteiger partial charge in [0.2, 0.25) is 0 Å². The molecule has 3 nitrogen and oxygen atoms in total. The molecule has 0 bridgehead atoms. The van der Waals surface area contributed by atoms with Crippen LogP contribution in [0.5, 0.6) is 11.5 Å². The quantitative estimate of drug-likeness (QED) is 0.734. The van der Waals surface area contributed by atoms with E-state index in [1.165, 1.54) is 0 Å². The van der Waals surface area contributed by atoms with E-state index in [-0.39, 0.29) is 5.75 Å². The van der Waals surface area contributed by atoms with Crippen molar-refractivity contribution in [3.05, 3.63) is 50.1 Å². The molecule has 0 unspecified atom stereocenters. The van der Waals surface area contributed by atoms with Gasteiger partial charge < -0.3 is 15.2 Å². The fraction of sp³-hybridized carbons (Fsp3) is 0.200. The minimum absolute atomic E-state index is 0.177. The number of methoxy groups -OCH3 is 1. The van der Waals surface area contributed by atoms with Gasteiger partial charge in [-0.3, -0.25) is 0 Å². The molecule has 2 rings (SSSR count). The van der Waals surface area contributed by atoms with Gasteiger partial charge in [0, 0.05) is 17.3 Å². The maximum atomic E-state index is 9.82. The maximum Gasteiger partial charge on any atom is 0.171 e. The summed E-state index contributed by atoms with van der Waals surface area (Å²) >= 11 is 8.18. The van der Waals surface area contributed by atoms with Gasteiger partial charge in [0.15, 0.2) is 11.5 Å². The summed E-state index contributed by atoms with van der Waals surface area (Å²) in [7, 11) is 1.55. The largest absolute Gasteiger partial charge is 0.504 e. The number of phenols is 1. The van der Waals surface area contributed by atoms with Crippen LogP contribution in [0.3, 0.4) is 0 Å². The third kappa shape index (κ3) is 3.30. The Morgan fingerprint density at radius 1 is 1.35 bits per heavy atom. The Morgan fingerprint density at radius 2 is 2.10 bits per heavy atom. The molecule has 0 aliphatic carbocycles. The highest BCUT2D eigenvalue weighted by atomic mass is 127. The number of hydrogen-bond acceptors (Lipinski definition) is 3. The highest BCUT2D eigenvalue weighted by molar-refractivity contribution is 14.1. The van der Waals surface area contributed by atoms with Gasteiger partial charge >= 0.3 is 0 Å². The summed E-state index contributed by atoms with van der Waals surface area (Å²) in [5, 5.41) is 13.9. The summed E-state index contributed by atoms with van der Waals surface area (Å²) in [6, 6.07) is 9.52. The van der Waals surface area contributed by atoms with E-state index in [2.05, 4.69) is 27.9 Å². The lowest BCUT2D eigenvalue weighted by Crippen LogP contribution is -2.02. The molecule has 0 saturated carbocycles. The Balaban J connectivity index is 2.19. The second kappa shape index (κ2) is 6.54. The Hall–Kier alpha value is -1.14. The number of hydrogen-bond donors (Lipinski definition) is 2. The van der Waals surface area contributed by atoms with E-state index in [1.807, 2.05) is 37.3 Å². The number of anilines is 1. The van der Waals surface area contributed by atoms with E-state index < -0.39 is 0 Å². The highest BCUT2D eigenvalue weighted by Crippen LogP contribution is 2.32. The van der Waals surface area contributed by atoms with Crippen molar-refractivity contribution in [2.45, 2.75) is 13.5 Å². The molecule has 0 atom stereocenters. The Kier molecular flexibility index (Phi) is 4.99. The molecule has 2 aromatic rings. The van der Waals surface area contributed by atoms with Crippen molar-refractivity contribution in [2.75, 3.05) is 12.4 Å². The Morgan fingerprint density at radius 3 is 2.80 bits per heavy atom. The first kappa shape index (κ1) is 15.3. The minimum Gasteiger partial charge on any atom is -0.504 e. The van der Waals surface area contributed by atoms with Crippen LogP contribution in [0.15, 0.2) is 30.3 Å². The third-order valence-corrected chi connectivity index (χ3v) is 4.29. The zero-order valence-corrected chi connectivity index (χ0v) is 14.1. The normalized spacial score (nSPS) is 10.4. The maximum absolute atomic E-state index is 9.82. The first-order chi connectivity index (χ1) is 9.52. The molecule has 20 heavy (non-hydrogen) atoms. The van der Waals surface area contributed by atoms with Crippen LogP contribution in [-0.4, -0.2) is 12.2 Å². The van der Waals surface area contributed by atoms with Gasteiger partial charge in [-0.1, -0.05) is 17.7 Å². The van der Waals surface area contributed by atoms with E-state index in [4.69, 9.17) is 16.3 Å². The average molecular weight is 404 g/mol. The summed E-state index contributed by atoms with van der Waals surface area (Å²) in [4.78, 5) is 0. The number of aromatic hydroxyl groups is 1. The van der Waals surface area contributed by atoms with Crippen LogP contribution in [0, 0.1) is 10.5 Å². The zero-order valence-electron chi connectivity index (χ0n) is 11.2. The molecule has 106 valence electrons. The molecule has 0 saturated heterocycles. The molecule has 0 amide bonds. The molecule has 0 aliphatic rings. The lowest BCUT2D eigenvalue weighted by molar-refractivity contribution is 0.371. The van der Waals surface area contributed by atoms with E-state index in [0.29, 0.717) is 12.3 Å². The van der Waals surface area contributed by atoms with Crippen molar-refractivity contribution in [2.24, 2.45) is 0 Å². The second-order valence-electron chi connectivity index (χ2n) is 4.39. The van der Waals surface area contributed by atoms with Crippen LogP contribution in [0.1, 0.15) is 11.1 Å². The number of phenolic OH excluding ortho intramolecular Hbond substituents is 1. The van der Waals surface area contributed by atoms with E-state index >= 15 is 0 Å². The van der Waals surface area contributed by atoms with Crippen molar-refractivity contribution in [1.82, 2.24) is 0 Å². The van der Waals surface area contributed by atoms with Crippen molar-refractivity contribution < 1.29 is 9.84 Å². The van der Waals surface area contributed by atoms with Crippen LogP contribution in [0.2, 0.25) is 5.02 Å². The molecule has 0 spiro atoms. The van der Waals surface area contributed by atoms with Crippen LogP contribution in [-0.2, 0) is 6.54 Å². The molecule has 0 aromatic heterocycles. The predicted octanol–water partition coefficient (Wildman–Crippen LogP) is 4.58. The fourth-order valence-corrected chi connectivity index (χ4v) is 2.72. The number of benzene rings is 2. The molecule has 0 radical (unpaired) electrons. The zero-order chi connectivity index (χ0) is 14.7. The van der Waals surface area contributed by atoms with Crippen molar-refractivity contribution in [3.8, 4) is 11.5 Å². The number of rotatable bonds is 4. The van der Waals surface area contributed by atoms with Crippen LogP contribution in [0.25, 0.3) is 0 Å². The van der Waals surface area contributed by atoms with Crippen LogP contribution < -0.4 is 10.1 Å². The molecule has 0 aliphatic heterocycles. The third-order valence-electron chi connectivity index (χ3n) is 3.06. The molecule has 2 N–H and O–H groups in total. The predicted molar refractivity (Wildman–Crippen MR) is 90.9 cm³/mol. The van der Waals surface area contributed by atoms with Crippen molar-refractivity contribution >= 4 is 39.9 Å². The molecule has 0 heterocycles. The number of ether oxygens (including phenoxy) is 1. The van der Waals surface area contributed by atoms with Gasteiger partial charge in [-0.2, -0.15) is 0 Å². The van der Waals surface area contributed by atoms with Gasteiger partial charge in [-0.25, -0.2) is 0 Å². The van der Waals surface area contributed by atoms with E-state index in [9.17, 15) is 5.11 Å². The summed E-state index contributed by atoms with van der Waals surface area (Å²) in [6.45, 7) is 2.61. The van der Waals surface area contributed by atoms with Crippen LogP contribution >= 0.6 is 34.2 Å². The van der Waals surface area contributed by atoms with Gasteiger partial charge in [0.1, 0.15) is 0 Å². The number of nitrogens with one attached hydrogen (secondary N) is 1. The summed E-state index contributed by atoms with van der Waals surface area (Å²) in [6.07, 6.45) is 0. The topological polar surface area (TPSA) is 41.5 Å². The van der Waals surface area contributed by atoms with Crippen molar-refractivity contribution in [1.29, 1.82) is 0 Å². The standard InChI is InChI=1S/C15H15ClINO2/c1-9-11(16)4-3-5-13(9)18-8-10-6-12(17)15(19)14(7-10)20-2/h3-7,18-19H,8H2,1-2H3. The molecule has 0 fully saturated rings. The van der Waals surface area contributed by atoms with Crippen molar-refractivity contribution in [3.63, 3.8) is 0 Å². The second-order valence-corrected chi connectivity index (χ2v) is 5.96. The summed E-state index contributed by atoms with van der Waals surface area (Å²) in [5.41, 5.74) is 3.05. The van der Waals surface area contributed by atoms with Gasteiger partial charge in [0.25, 0.3) is 0 Å². The van der Waals surface area contributed by atoms with Gasteiger partial charge in [0.05, 0.1) is 10.7 Å². The van der Waals surface area contributed by atoms with Gasteiger partial charge in [-0.15, -0.1) is 0 Å². The molecule has 2 aromatic carbocycles. The molecule has 5 heteroatoms. The summed E-state index contributed by atoms with van der Waals surface area (Å²) in [5.74, 6) is 0.660. The SMILES string of the molecule is COc1cc(CNc2cccc(Cl)c2C)cc(I)c1O. The van der Waals surface area contributed by atoms with Crippen LogP contribution in [0.4, 0.5) is 5.69 Å². The molecular formula is C15H15ClINO2. The lowest BCUT2D eigenvalue weighted by atomic mass is 10.1. The lowest BCUT2D eigenvalue weighted by Gasteiger charge is -2.13. The smallest absolute Gasteiger partial charge is 0.171 e. The summed E-state index contributed by atoms with van der Waals surface area (Å²) < 4.78 is 5.92. The first-order valence-electron chi connectivity index (χ1n) is 6.07. The average Bonchev–Trinajstić information content (AvgIpc) is 2.44. The Labute approximate surface area is 137 Å². The van der Waals surface area contributed by atoms with E-state index in [0.717, 1.165) is 25.4 Å². The van der Waals surface area contributed by atoms with E-state index in [1.54, 1.807) is 7.11 Å². The van der Waals surface area contributed by atoms with Gasteiger partial charge in [-0.05, 0) is 64.9 Å². The number of halogens is 2. The monoisotopic (exact) mass is 403 g/mol.